The maximum absolute atomic E-state index is 13.4. The fraction of sp³-hybridized carbons (Fsp3) is 0.261. The summed E-state index contributed by atoms with van der Waals surface area (Å²) in [7, 11) is 1.78. The third kappa shape index (κ3) is 3.66. The first-order valence-corrected chi connectivity index (χ1v) is 9.68. The van der Waals surface area contributed by atoms with Gasteiger partial charge in [0, 0.05) is 18.7 Å². The second-order valence-corrected chi connectivity index (χ2v) is 7.51. The number of furan rings is 1. The van der Waals surface area contributed by atoms with Crippen LogP contribution in [-0.2, 0) is 6.54 Å². The Morgan fingerprint density at radius 1 is 1.17 bits per heavy atom. The number of carbonyl (C=O) groups excluding carboxylic acids is 1. The molecule has 4 rings (SSSR count). The first kappa shape index (κ1) is 18.9. The van der Waals surface area contributed by atoms with E-state index in [1.54, 1.807) is 18.1 Å². The number of rotatable bonds is 5. The van der Waals surface area contributed by atoms with Gasteiger partial charge in [-0.3, -0.25) is 4.79 Å². The molecule has 6 nitrogen and oxygen atoms in total. The summed E-state index contributed by atoms with van der Waals surface area (Å²) >= 11 is 0. The lowest BCUT2D eigenvalue weighted by molar-refractivity contribution is 0.0777. The summed E-state index contributed by atoms with van der Waals surface area (Å²) in [4.78, 5) is 19.8. The van der Waals surface area contributed by atoms with Gasteiger partial charge in [0.25, 0.3) is 5.91 Å². The highest BCUT2D eigenvalue weighted by Gasteiger charge is 2.21. The number of fused-ring (bicyclic) bond motifs is 1. The van der Waals surface area contributed by atoms with E-state index in [1.807, 2.05) is 60.1 Å². The van der Waals surface area contributed by atoms with Gasteiger partial charge in [0.05, 0.1) is 29.4 Å². The van der Waals surface area contributed by atoms with Crippen LogP contribution in [0.2, 0.25) is 0 Å². The molecule has 0 aliphatic heterocycles. The summed E-state index contributed by atoms with van der Waals surface area (Å²) in [6.07, 6.45) is 1.73. The molecule has 4 aromatic rings. The van der Waals surface area contributed by atoms with E-state index in [1.165, 1.54) is 0 Å². The summed E-state index contributed by atoms with van der Waals surface area (Å²) in [6, 6.07) is 15.7. The molecule has 0 radical (unpaired) electrons. The molecule has 29 heavy (non-hydrogen) atoms. The predicted molar refractivity (Wildman–Crippen MR) is 113 cm³/mol. The van der Waals surface area contributed by atoms with Crippen LogP contribution in [0.25, 0.3) is 22.3 Å². The number of hydrogen-bond acceptors (Lipinski definition) is 4. The number of aryl methyl sites for hydroxylation is 1. The van der Waals surface area contributed by atoms with Crippen LogP contribution in [0.1, 0.15) is 41.8 Å². The number of aromatic nitrogens is 3. The van der Waals surface area contributed by atoms with Crippen molar-refractivity contribution >= 4 is 16.9 Å². The number of carbonyl (C=O) groups is 1. The SMILES string of the molecule is Cc1ccc(CN(C)C(=O)c2cc(-c3ccccc3)nc3c2cnn3C(C)C)o1. The van der Waals surface area contributed by atoms with Gasteiger partial charge in [-0.25, -0.2) is 9.67 Å². The molecule has 3 aromatic heterocycles. The lowest BCUT2D eigenvalue weighted by Gasteiger charge is -2.17. The zero-order valence-corrected chi connectivity index (χ0v) is 17.1. The minimum Gasteiger partial charge on any atom is -0.464 e. The Bertz CT molecular complexity index is 1160. The molecule has 0 saturated carbocycles. The Labute approximate surface area is 169 Å². The summed E-state index contributed by atoms with van der Waals surface area (Å²) in [5.41, 5.74) is 3.02. The molecular weight excluding hydrogens is 364 g/mol. The number of nitrogens with zero attached hydrogens (tertiary/aromatic N) is 4. The van der Waals surface area contributed by atoms with Crippen LogP contribution in [0.4, 0.5) is 0 Å². The van der Waals surface area contributed by atoms with Crippen LogP contribution in [0.3, 0.4) is 0 Å². The van der Waals surface area contributed by atoms with E-state index in [-0.39, 0.29) is 11.9 Å². The normalized spacial score (nSPS) is 11.3. The molecule has 0 atom stereocenters. The zero-order chi connectivity index (χ0) is 20.5. The van der Waals surface area contributed by atoms with Crippen molar-refractivity contribution in [1.82, 2.24) is 19.7 Å². The molecule has 0 aliphatic carbocycles. The van der Waals surface area contributed by atoms with Gasteiger partial charge in [-0.05, 0) is 39.0 Å². The molecule has 6 heteroatoms. The Morgan fingerprint density at radius 2 is 1.93 bits per heavy atom. The van der Waals surface area contributed by atoms with Crippen molar-refractivity contribution in [2.45, 2.75) is 33.4 Å². The lowest BCUT2D eigenvalue weighted by atomic mass is 10.1. The van der Waals surface area contributed by atoms with Crippen molar-refractivity contribution in [3.8, 4) is 11.3 Å². The molecule has 0 bridgehead atoms. The molecule has 0 N–H and O–H groups in total. The van der Waals surface area contributed by atoms with Crippen LogP contribution < -0.4 is 0 Å². The molecule has 148 valence electrons. The van der Waals surface area contributed by atoms with Crippen LogP contribution in [0.5, 0.6) is 0 Å². The van der Waals surface area contributed by atoms with Crippen molar-refractivity contribution in [2.24, 2.45) is 0 Å². The first-order chi connectivity index (χ1) is 13.9. The van der Waals surface area contributed by atoms with Crippen LogP contribution in [-0.4, -0.2) is 32.6 Å². The van der Waals surface area contributed by atoms with E-state index in [0.29, 0.717) is 17.8 Å². The standard InChI is InChI=1S/C23H24N4O2/c1-15(2)27-22-20(13-24-27)19(12-21(25-22)17-8-6-5-7-9-17)23(28)26(4)14-18-11-10-16(3)29-18/h5-13,15H,14H2,1-4H3. The highest BCUT2D eigenvalue weighted by molar-refractivity contribution is 6.06. The fourth-order valence-corrected chi connectivity index (χ4v) is 3.41. The van der Waals surface area contributed by atoms with E-state index < -0.39 is 0 Å². The number of pyridine rings is 1. The minimum absolute atomic E-state index is 0.0908. The van der Waals surface area contributed by atoms with Crippen molar-refractivity contribution in [3.05, 3.63) is 71.8 Å². The summed E-state index contributed by atoms with van der Waals surface area (Å²) < 4.78 is 7.49. The van der Waals surface area contributed by atoms with Crippen molar-refractivity contribution in [1.29, 1.82) is 0 Å². The molecule has 1 amide bonds. The van der Waals surface area contributed by atoms with Crippen molar-refractivity contribution in [2.75, 3.05) is 7.05 Å². The van der Waals surface area contributed by atoms with E-state index in [2.05, 4.69) is 18.9 Å². The van der Waals surface area contributed by atoms with Crippen LogP contribution in [0, 0.1) is 6.92 Å². The van der Waals surface area contributed by atoms with Gasteiger partial charge < -0.3 is 9.32 Å². The molecule has 0 unspecified atom stereocenters. The van der Waals surface area contributed by atoms with Gasteiger partial charge in [-0.2, -0.15) is 5.10 Å². The van der Waals surface area contributed by atoms with Gasteiger partial charge in [-0.1, -0.05) is 30.3 Å². The number of amides is 1. The van der Waals surface area contributed by atoms with Gasteiger partial charge in [0.2, 0.25) is 0 Å². The third-order valence-corrected chi connectivity index (χ3v) is 4.89. The smallest absolute Gasteiger partial charge is 0.254 e. The summed E-state index contributed by atoms with van der Waals surface area (Å²) in [5, 5.41) is 5.24. The maximum Gasteiger partial charge on any atom is 0.254 e. The Balaban J connectivity index is 1.80. The molecule has 0 spiro atoms. The molecule has 0 aliphatic rings. The minimum atomic E-state index is -0.0908. The van der Waals surface area contributed by atoms with E-state index in [0.717, 1.165) is 28.2 Å². The van der Waals surface area contributed by atoms with Crippen molar-refractivity contribution < 1.29 is 9.21 Å². The average molecular weight is 388 g/mol. The Morgan fingerprint density at radius 3 is 2.59 bits per heavy atom. The third-order valence-electron chi connectivity index (χ3n) is 4.89. The average Bonchev–Trinajstić information content (AvgIpc) is 3.33. The molecular formula is C23H24N4O2. The monoisotopic (exact) mass is 388 g/mol. The number of benzene rings is 1. The summed E-state index contributed by atoms with van der Waals surface area (Å²) in [6.45, 7) is 6.39. The Hall–Kier alpha value is -3.41. The van der Waals surface area contributed by atoms with Gasteiger partial charge in [0.15, 0.2) is 5.65 Å². The highest BCUT2D eigenvalue weighted by Crippen LogP contribution is 2.27. The van der Waals surface area contributed by atoms with E-state index in [4.69, 9.17) is 9.40 Å². The van der Waals surface area contributed by atoms with E-state index >= 15 is 0 Å². The number of hydrogen-bond donors (Lipinski definition) is 0. The zero-order valence-electron chi connectivity index (χ0n) is 17.1. The molecule has 0 saturated heterocycles. The van der Waals surface area contributed by atoms with Crippen LogP contribution >= 0.6 is 0 Å². The maximum atomic E-state index is 13.4. The van der Waals surface area contributed by atoms with E-state index in [9.17, 15) is 4.79 Å². The first-order valence-electron chi connectivity index (χ1n) is 9.68. The quantitative estimate of drug-likeness (QED) is 0.490. The van der Waals surface area contributed by atoms with Gasteiger partial charge >= 0.3 is 0 Å². The largest absolute Gasteiger partial charge is 0.464 e. The topological polar surface area (TPSA) is 64.2 Å². The lowest BCUT2D eigenvalue weighted by Crippen LogP contribution is -2.26. The molecule has 0 fully saturated rings. The predicted octanol–water partition coefficient (Wildman–Crippen LogP) is 4.85. The van der Waals surface area contributed by atoms with Gasteiger partial charge in [0.1, 0.15) is 11.5 Å². The highest BCUT2D eigenvalue weighted by atomic mass is 16.3. The second kappa shape index (κ2) is 7.54. The fourth-order valence-electron chi connectivity index (χ4n) is 3.41. The second-order valence-electron chi connectivity index (χ2n) is 7.51. The molecule has 3 heterocycles. The van der Waals surface area contributed by atoms with Gasteiger partial charge in [-0.15, -0.1) is 0 Å². The molecule has 1 aromatic carbocycles. The Kier molecular flexibility index (Phi) is 4.92. The van der Waals surface area contributed by atoms with Crippen LogP contribution in [0.15, 0.2) is 59.1 Å². The van der Waals surface area contributed by atoms with Crippen molar-refractivity contribution in [3.63, 3.8) is 0 Å². The summed E-state index contributed by atoms with van der Waals surface area (Å²) in [5.74, 6) is 1.49.